The maximum Gasteiger partial charge on any atom is 0.380 e. The van der Waals surface area contributed by atoms with E-state index in [1.807, 2.05) is 13.0 Å². The lowest BCUT2D eigenvalue weighted by Gasteiger charge is -2.51. The molecule has 2 N–H and O–H groups in total. The van der Waals surface area contributed by atoms with Crippen molar-refractivity contribution in [1.82, 2.24) is 0 Å². The first-order valence-corrected chi connectivity index (χ1v) is 12.4. The van der Waals surface area contributed by atoms with Gasteiger partial charge in [0.05, 0.1) is 12.1 Å². The molecule has 3 aliphatic carbocycles. The van der Waals surface area contributed by atoms with Gasteiger partial charge in [0.2, 0.25) is 0 Å². The fourth-order valence-corrected chi connectivity index (χ4v) is 7.33. The second-order valence-electron chi connectivity index (χ2n) is 9.47. The number of benzene rings is 1. The summed E-state index contributed by atoms with van der Waals surface area (Å²) >= 11 is 0. The molecule has 0 aromatic heterocycles. The van der Waals surface area contributed by atoms with Crippen LogP contribution in [0.3, 0.4) is 0 Å². The first-order valence-electron chi connectivity index (χ1n) is 10.9. The summed E-state index contributed by atoms with van der Waals surface area (Å²) in [5.74, 6) is 1.53. The van der Waals surface area contributed by atoms with E-state index in [4.69, 9.17) is 9.32 Å². The minimum absolute atomic E-state index is 0.0546. The summed E-state index contributed by atoms with van der Waals surface area (Å²) < 4.78 is 28.0. The van der Waals surface area contributed by atoms with Gasteiger partial charge in [0.15, 0.2) is 0 Å². The van der Waals surface area contributed by atoms with Gasteiger partial charge in [-0.25, -0.2) is 0 Å². The molecule has 7 heteroatoms. The molecule has 1 aromatic rings. The largest absolute Gasteiger partial charge is 0.380 e. The maximum atomic E-state index is 11.5. The molecule has 0 heterocycles. The van der Waals surface area contributed by atoms with Crippen LogP contribution in [0.1, 0.15) is 68.6 Å². The first-order chi connectivity index (χ1) is 14.2. The predicted octanol–water partition coefficient (Wildman–Crippen LogP) is 3.97. The molecule has 2 fully saturated rings. The zero-order chi connectivity index (χ0) is 21.7. The van der Waals surface area contributed by atoms with Crippen LogP contribution in [-0.2, 0) is 23.1 Å². The Morgan fingerprint density at radius 1 is 1.23 bits per heavy atom. The van der Waals surface area contributed by atoms with E-state index in [0.717, 1.165) is 49.7 Å². The van der Waals surface area contributed by atoms with Crippen LogP contribution in [0.5, 0.6) is 5.75 Å². The van der Waals surface area contributed by atoms with Crippen LogP contribution in [-0.4, -0.2) is 8.42 Å². The van der Waals surface area contributed by atoms with Crippen LogP contribution < -0.4 is 9.32 Å². The lowest BCUT2D eigenvalue weighted by Crippen LogP contribution is -2.43. The Balaban J connectivity index is 1.67. The van der Waals surface area contributed by atoms with E-state index in [1.54, 1.807) is 0 Å². The van der Waals surface area contributed by atoms with Gasteiger partial charge in [-0.15, -0.1) is 0 Å². The Hall–Kier alpha value is -2.09. The third kappa shape index (κ3) is 3.39. The normalized spacial score (nSPS) is 32.5. The van der Waals surface area contributed by atoms with Crippen LogP contribution in [0.15, 0.2) is 12.1 Å². The zero-order valence-electron chi connectivity index (χ0n) is 17.6. The molecule has 0 bridgehead atoms. The first kappa shape index (κ1) is 21.2. The highest BCUT2D eigenvalue weighted by atomic mass is 32.2. The van der Waals surface area contributed by atoms with E-state index in [2.05, 4.69) is 25.1 Å². The van der Waals surface area contributed by atoms with Crippen molar-refractivity contribution in [2.75, 3.05) is 0 Å². The summed E-state index contributed by atoms with van der Waals surface area (Å²) in [6.45, 7) is 4.30. The van der Waals surface area contributed by atoms with Crippen molar-refractivity contribution in [2.45, 2.75) is 64.7 Å². The van der Waals surface area contributed by atoms with Crippen LogP contribution in [0.25, 0.3) is 0 Å². The van der Waals surface area contributed by atoms with E-state index in [-0.39, 0.29) is 11.3 Å². The smallest absolute Gasteiger partial charge is 0.371 e. The Labute approximate surface area is 179 Å². The highest BCUT2D eigenvalue weighted by Gasteiger charge is 2.56. The number of aryl methyl sites for hydroxylation is 2. The van der Waals surface area contributed by atoms with Gasteiger partial charge >= 0.3 is 10.3 Å². The average molecular weight is 428 g/mol. The van der Waals surface area contributed by atoms with Crippen LogP contribution >= 0.6 is 0 Å². The Bertz CT molecular complexity index is 1020. The molecule has 2 saturated carbocycles. The summed E-state index contributed by atoms with van der Waals surface area (Å²) in [5.41, 5.74) is 3.42. The highest BCUT2D eigenvalue weighted by Crippen LogP contribution is 2.64. The number of nitrogens with zero attached hydrogens (tertiary/aromatic N) is 2. The Kier molecular flexibility index (Phi) is 5.33. The van der Waals surface area contributed by atoms with E-state index in [1.165, 1.54) is 5.56 Å². The van der Waals surface area contributed by atoms with Gasteiger partial charge in [-0.3, -0.25) is 0 Å². The Morgan fingerprint density at radius 3 is 2.60 bits per heavy atom. The number of fused-ring (bicyclic) bond motifs is 5. The molecule has 160 valence electrons. The lowest BCUT2D eigenvalue weighted by molar-refractivity contribution is 0.0225. The average Bonchev–Trinajstić information content (AvgIpc) is 3.04. The molecule has 1 aromatic carbocycles. The molecule has 5 atom stereocenters. The molecule has 30 heavy (non-hydrogen) atoms. The van der Waals surface area contributed by atoms with Crippen molar-refractivity contribution in [3.63, 3.8) is 0 Å². The van der Waals surface area contributed by atoms with Crippen molar-refractivity contribution in [3.05, 3.63) is 28.8 Å². The van der Waals surface area contributed by atoms with Crippen molar-refractivity contribution in [2.24, 2.45) is 34.2 Å². The van der Waals surface area contributed by atoms with E-state index in [0.29, 0.717) is 29.9 Å². The molecule has 0 amide bonds. The van der Waals surface area contributed by atoms with Crippen molar-refractivity contribution < 1.29 is 12.6 Å². The van der Waals surface area contributed by atoms with E-state index in [9.17, 15) is 18.9 Å². The molecule has 4 rings (SSSR count). The van der Waals surface area contributed by atoms with Crippen LogP contribution in [0.2, 0.25) is 0 Å². The Morgan fingerprint density at radius 2 is 1.97 bits per heavy atom. The molecule has 3 aliphatic rings. The van der Waals surface area contributed by atoms with Gasteiger partial charge < -0.3 is 4.18 Å². The van der Waals surface area contributed by atoms with Gasteiger partial charge in [0.1, 0.15) is 11.7 Å². The monoisotopic (exact) mass is 427 g/mol. The number of rotatable bonds is 4. The fraction of sp³-hybridized carbons (Fsp3) is 0.652. The predicted molar refractivity (Wildman–Crippen MR) is 112 cm³/mol. The molecule has 0 unspecified atom stereocenters. The van der Waals surface area contributed by atoms with Gasteiger partial charge in [-0.05, 0) is 96.8 Å². The summed E-state index contributed by atoms with van der Waals surface area (Å²) in [5, 5.41) is 24.1. The minimum Gasteiger partial charge on any atom is -0.371 e. The molecular formula is C23H29N3O3S. The number of nitrogens with two attached hydrogens (primary N) is 1. The minimum atomic E-state index is -4.05. The summed E-state index contributed by atoms with van der Waals surface area (Å²) in [6.07, 6.45) is 6.73. The zero-order valence-corrected chi connectivity index (χ0v) is 18.4. The van der Waals surface area contributed by atoms with Crippen LogP contribution in [0, 0.1) is 51.7 Å². The van der Waals surface area contributed by atoms with Crippen molar-refractivity contribution in [3.8, 4) is 17.9 Å². The summed E-state index contributed by atoms with van der Waals surface area (Å²) in [4.78, 5) is 0. The second kappa shape index (κ2) is 7.55. The fourth-order valence-electron chi connectivity index (χ4n) is 6.92. The molecule has 0 spiro atoms. The molecule has 0 saturated heterocycles. The third-order valence-corrected chi connectivity index (χ3v) is 8.66. The SMILES string of the molecule is CCc1cc2c(cc1OS(N)(=O)=O)CC[C@@H]1[C@@H]2CC[C@]2(C)[C@@H](C(C#N)C#N)CC[C@@H]12. The quantitative estimate of drug-likeness (QED) is 0.780. The third-order valence-electron chi connectivity index (χ3n) is 8.25. The number of nitriles is 2. The van der Waals surface area contributed by atoms with Crippen molar-refractivity contribution in [1.29, 1.82) is 10.5 Å². The summed E-state index contributed by atoms with van der Waals surface area (Å²) in [6, 6.07) is 8.50. The molecule has 0 aliphatic heterocycles. The molecule has 6 nitrogen and oxygen atoms in total. The molecule has 0 radical (unpaired) electrons. The second-order valence-corrected chi connectivity index (χ2v) is 10.6. The van der Waals surface area contributed by atoms with Gasteiger partial charge in [0.25, 0.3) is 0 Å². The van der Waals surface area contributed by atoms with Gasteiger partial charge in [-0.1, -0.05) is 19.9 Å². The lowest BCUT2D eigenvalue weighted by atomic mass is 9.53. The standard InChI is InChI=1S/C23H29N3O3S/c1-3-14-10-19-15(11-22(14)29-30(26,27)28)4-5-18-17(19)8-9-23(2)20(6-7-21(18)23)16(12-24)13-25/h10-11,16-18,20-21H,3-9H2,1-2H3,(H2,26,27,28)/t17-,18+,20+,21-,23+/m0/s1. The number of hydrogen-bond donors (Lipinski definition) is 1. The maximum absolute atomic E-state index is 11.5. The molecular weight excluding hydrogens is 398 g/mol. The van der Waals surface area contributed by atoms with E-state index < -0.39 is 16.2 Å². The van der Waals surface area contributed by atoms with Crippen LogP contribution in [0.4, 0.5) is 0 Å². The van der Waals surface area contributed by atoms with Gasteiger partial charge in [-0.2, -0.15) is 24.1 Å². The van der Waals surface area contributed by atoms with Gasteiger partial charge in [0, 0.05) is 0 Å². The van der Waals surface area contributed by atoms with E-state index >= 15 is 0 Å². The summed E-state index contributed by atoms with van der Waals surface area (Å²) in [7, 11) is -4.05. The highest BCUT2D eigenvalue weighted by molar-refractivity contribution is 7.84. The topological polar surface area (TPSA) is 117 Å². The van der Waals surface area contributed by atoms with Crippen molar-refractivity contribution >= 4 is 10.3 Å². The number of hydrogen-bond acceptors (Lipinski definition) is 5.